The molecule has 1 unspecified atom stereocenters. The van der Waals surface area contributed by atoms with Crippen LogP contribution in [0.2, 0.25) is 0 Å². The standard InChI is InChI=1S/C42H37N7O9/c50-35-16-15-33(39(54)47-35)49-41(56)30-13-10-28(20-31(30)42(49)57)43-17-18-44-37(52)24-5-8-27(9-6-24)45-38(53)25-3-1-23(2-4-25)21-48(29-11-12-29)40(55)26-7-14-32-34(19-26)58-22-36(51)46-32/h1-10,13-14,19-20,29,33,43H,11-12,15-18,21-22H2,(H,44,52)(H,45,53)(H,46,51)(H,47,50,54). The molecule has 0 aromatic heterocycles. The lowest BCUT2D eigenvalue weighted by Crippen LogP contribution is -2.54. The van der Waals surface area contributed by atoms with Crippen LogP contribution in [0.1, 0.15) is 83.0 Å². The summed E-state index contributed by atoms with van der Waals surface area (Å²) in [4.78, 5) is 104. The van der Waals surface area contributed by atoms with Crippen LogP contribution in [0.25, 0.3) is 0 Å². The molecule has 0 radical (unpaired) electrons. The number of hydrogen-bond acceptors (Lipinski definition) is 10. The quantitative estimate of drug-likeness (QED) is 0.105. The second-order valence-corrected chi connectivity index (χ2v) is 14.3. The summed E-state index contributed by atoms with van der Waals surface area (Å²) in [6.45, 7) is 0.799. The molecule has 8 rings (SSSR count). The molecule has 16 nitrogen and oxygen atoms in total. The highest BCUT2D eigenvalue weighted by Crippen LogP contribution is 2.34. The number of imide groups is 2. The summed E-state index contributed by atoms with van der Waals surface area (Å²) >= 11 is 0. The summed E-state index contributed by atoms with van der Waals surface area (Å²) in [5, 5.41) is 13.7. The lowest BCUT2D eigenvalue weighted by Gasteiger charge is -2.27. The highest BCUT2D eigenvalue weighted by Gasteiger charge is 2.44. The zero-order valence-electron chi connectivity index (χ0n) is 31.0. The first kappa shape index (κ1) is 37.6. The van der Waals surface area contributed by atoms with Crippen LogP contribution in [0.5, 0.6) is 5.75 Å². The van der Waals surface area contributed by atoms with E-state index in [1.165, 1.54) is 12.1 Å². The van der Waals surface area contributed by atoms with Gasteiger partial charge < -0.3 is 30.9 Å². The minimum Gasteiger partial charge on any atom is -0.482 e. The van der Waals surface area contributed by atoms with Crippen molar-refractivity contribution in [3.05, 3.63) is 118 Å². The number of nitrogens with zero attached hydrogens (tertiary/aromatic N) is 2. The third-order valence-electron chi connectivity index (χ3n) is 10.3. The normalized spacial score (nSPS) is 17.0. The minimum atomic E-state index is -1.05. The number of carbonyl (C=O) groups is 8. The molecule has 0 bridgehead atoms. The predicted octanol–water partition coefficient (Wildman–Crippen LogP) is 3.32. The Morgan fingerprint density at radius 1 is 0.707 bits per heavy atom. The first-order chi connectivity index (χ1) is 28.0. The van der Waals surface area contributed by atoms with E-state index in [2.05, 4.69) is 26.6 Å². The van der Waals surface area contributed by atoms with E-state index in [1.54, 1.807) is 60.7 Å². The fourth-order valence-corrected chi connectivity index (χ4v) is 7.06. The number of nitrogens with one attached hydrogen (secondary N) is 5. The zero-order chi connectivity index (χ0) is 40.5. The summed E-state index contributed by atoms with van der Waals surface area (Å²) in [6.07, 6.45) is 1.92. The van der Waals surface area contributed by atoms with E-state index >= 15 is 0 Å². The Morgan fingerprint density at radius 3 is 2.14 bits per heavy atom. The largest absolute Gasteiger partial charge is 0.482 e. The van der Waals surface area contributed by atoms with Crippen molar-refractivity contribution >= 4 is 64.3 Å². The van der Waals surface area contributed by atoms with Crippen molar-refractivity contribution in [3.63, 3.8) is 0 Å². The van der Waals surface area contributed by atoms with Crippen LogP contribution in [0.15, 0.2) is 84.9 Å². The third-order valence-corrected chi connectivity index (χ3v) is 10.3. The van der Waals surface area contributed by atoms with Gasteiger partial charge in [-0.3, -0.25) is 48.6 Å². The second-order valence-electron chi connectivity index (χ2n) is 14.3. The molecule has 1 atom stereocenters. The molecule has 1 saturated heterocycles. The molecule has 4 aliphatic rings. The lowest BCUT2D eigenvalue weighted by atomic mass is 10.0. The van der Waals surface area contributed by atoms with Crippen molar-refractivity contribution in [2.24, 2.45) is 0 Å². The van der Waals surface area contributed by atoms with Crippen LogP contribution < -0.4 is 31.3 Å². The Bertz CT molecular complexity index is 2390. The van der Waals surface area contributed by atoms with E-state index in [9.17, 15) is 38.4 Å². The van der Waals surface area contributed by atoms with Crippen LogP contribution in [0.3, 0.4) is 0 Å². The van der Waals surface area contributed by atoms with Gasteiger partial charge in [0.1, 0.15) is 11.8 Å². The Labute approximate surface area is 331 Å². The zero-order valence-corrected chi connectivity index (χ0v) is 31.0. The Morgan fingerprint density at radius 2 is 1.40 bits per heavy atom. The highest BCUT2D eigenvalue weighted by molar-refractivity contribution is 6.23. The summed E-state index contributed by atoms with van der Waals surface area (Å²) in [5.41, 5.74) is 4.01. The monoisotopic (exact) mass is 783 g/mol. The SMILES string of the molecule is O=C1CCC(N2C(=O)c3ccc(NCCNC(=O)c4ccc(NC(=O)c5ccc(CN(C(=O)c6ccc7c(c6)OCC(=O)N7)C6CC6)cc5)cc4)cc3C2=O)C(=O)N1. The van der Waals surface area contributed by atoms with Crippen LogP contribution in [-0.2, 0) is 20.9 Å². The molecule has 2 fully saturated rings. The van der Waals surface area contributed by atoms with Gasteiger partial charge in [-0.05, 0) is 97.6 Å². The fourth-order valence-electron chi connectivity index (χ4n) is 7.06. The molecule has 0 spiro atoms. The van der Waals surface area contributed by atoms with Gasteiger partial charge in [0.25, 0.3) is 35.4 Å². The van der Waals surface area contributed by atoms with Gasteiger partial charge in [0.2, 0.25) is 11.8 Å². The average molecular weight is 784 g/mol. The number of carbonyl (C=O) groups excluding carboxylic acids is 8. The summed E-state index contributed by atoms with van der Waals surface area (Å²) < 4.78 is 5.49. The Hall–Kier alpha value is -7.36. The summed E-state index contributed by atoms with van der Waals surface area (Å²) in [6, 6.07) is 22.2. The number of fused-ring (bicyclic) bond motifs is 2. The number of rotatable bonds is 12. The van der Waals surface area contributed by atoms with E-state index in [0.29, 0.717) is 52.6 Å². The molecule has 58 heavy (non-hydrogen) atoms. The summed E-state index contributed by atoms with van der Waals surface area (Å²) in [5.74, 6) is -2.92. The van der Waals surface area contributed by atoms with E-state index in [1.807, 2.05) is 17.0 Å². The molecule has 3 heterocycles. The van der Waals surface area contributed by atoms with E-state index in [0.717, 1.165) is 23.3 Å². The molecular formula is C42H37N7O9. The van der Waals surface area contributed by atoms with E-state index in [4.69, 9.17) is 4.74 Å². The molecular weight excluding hydrogens is 747 g/mol. The maximum absolute atomic E-state index is 13.5. The first-order valence-electron chi connectivity index (χ1n) is 18.8. The Kier molecular flexibility index (Phi) is 10.1. The van der Waals surface area contributed by atoms with Crippen LogP contribution in [-0.4, -0.2) is 88.8 Å². The van der Waals surface area contributed by atoms with E-state index < -0.39 is 29.7 Å². The molecule has 3 aliphatic heterocycles. The number of benzene rings is 4. The van der Waals surface area contributed by atoms with E-state index in [-0.39, 0.29) is 66.8 Å². The van der Waals surface area contributed by atoms with Gasteiger partial charge in [0, 0.05) is 60.2 Å². The van der Waals surface area contributed by atoms with Gasteiger partial charge in [0.15, 0.2) is 6.61 Å². The molecule has 1 aliphatic carbocycles. The van der Waals surface area contributed by atoms with Crippen molar-refractivity contribution in [2.45, 2.75) is 44.3 Å². The van der Waals surface area contributed by atoms with Crippen molar-refractivity contribution in [2.75, 3.05) is 35.6 Å². The predicted molar refractivity (Wildman–Crippen MR) is 208 cm³/mol. The van der Waals surface area contributed by atoms with Crippen molar-refractivity contribution < 1.29 is 43.1 Å². The topological polar surface area (TPSA) is 212 Å². The van der Waals surface area contributed by atoms with Crippen molar-refractivity contribution in [1.29, 1.82) is 0 Å². The maximum Gasteiger partial charge on any atom is 0.262 e. The average Bonchev–Trinajstić information content (AvgIpc) is 4.04. The lowest BCUT2D eigenvalue weighted by molar-refractivity contribution is -0.136. The molecule has 4 aromatic rings. The second kappa shape index (κ2) is 15.6. The van der Waals surface area contributed by atoms with Crippen LogP contribution in [0.4, 0.5) is 17.1 Å². The van der Waals surface area contributed by atoms with Crippen LogP contribution >= 0.6 is 0 Å². The molecule has 1 saturated carbocycles. The van der Waals surface area contributed by atoms with Crippen molar-refractivity contribution in [3.8, 4) is 5.75 Å². The van der Waals surface area contributed by atoms with Gasteiger partial charge >= 0.3 is 0 Å². The molecule has 5 N–H and O–H groups in total. The third kappa shape index (κ3) is 7.84. The fraction of sp³-hybridized carbons (Fsp3) is 0.238. The minimum absolute atomic E-state index is 0.0342. The molecule has 8 amide bonds. The number of ether oxygens (including phenoxy) is 1. The van der Waals surface area contributed by atoms with Gasteiger partial charge in [-0.25, -0.2) is 0 Å². The maximum atomic E-state index is 13.5. The number of anilines is 3. The number of piperidine rings is 1. The van der Waals surface area contributed by atoms with Gasteiger partial charge in [-0.15, -0.1) is 0 Å². The number of hydrogen-bond donors (Lipinski definition) is 5. The molecule has 4 aromatic carbocycles. The van der Waals surface area contributed by atoms with Crippen LogP contribution in [0, 0.1) is 0 Å². The van der Waals surface area contributed by atoms with Gasteiger partial charge in [-0.1, -0.05) is 12.1 Å². The first-order valence-corrected chi connectivity index (χ1v) is 18.8. The molecule has 294 valence electrons. The smallest absolute Gasteiger partial charge is 0.262 e. The highest BCUT2D eigenvalue weighted by atomic mass is 16.5. The van der Waals surface area contributed by atoms with Crippen molar-refractivity contribution in [1.82, 2.24) is 20.4 Å². The van der Waals surface area contributed by atoms with Gasteiger partial charge in [0.05, 0.1) is 16.8 Å². The Balaban J connectivity index is 0.798. The number of amides is 8. The van der Waals surface area contributed by atoms with Gasteiger partial charge in [-0.2, -0.15) is 0 Å². The summed E-state index contributed by atoms with van der Waals surface area (Å²) in [7, 11) is 0. The molecule has 16 heteroatoms.